The van der Waals surface area contributed by atoms with E-state index in [9.17, 15) is 5.11 Å². The number of aliphatic hydroxyl groups excluding tert-OH is 1. The number of benzene rings is 1. The van der Waals surface area contributed by atoms with Gasteiger partial charge in [-0.1, -0.05) is 30.7 Å². The van der Waals surface area contributed by atoms with Crippen LogP contribution in [-0.2, 0) is 5.75 Å². The van der Waals surface area contributed by atoms with Gasteiger partial charge >= 0.3 is 0 Å². The summed E-state index contributed by atoms with van der Waals surface area (Å²) < 4.78 is 0. The first-order valence-corrected chi connectivity index (χ1v) is 5.70. The van der Waals surface area contributed by atoms with Crippen LogP contribution in [0, 0.1) is 0 Å². The first-order valence-electron chi connectivity index (χ1n) is 4.27. The van der Waals surface area contributed by atoms with Crippen LogP contribution in [0.2, 0.25) is 5.02 Å². The number of rotatable bonds is 0. The van der Waals surface area contributed by atoms with Crippen molar-refractivity contribution in [2.45, 2.75) is 24.0 Å². The average molecular weight is 215 g/mol. The van der Waals surface area contributed by atoms with E-state index in [1.807, 2.05) is 25.1 Å². The Morgan fingerprint density at radius 1 is 1.54 bits per heavy atom. The highest BCUT2D eigenvalue weighted by Gasteiger charge is 2.25. The first kappa shape index (κ1) is 9.38. The van der Waals surface area contributed by atoms with Gasteiger partial charge in [-0.3, -0.25) is 0 Å². The Labute approximate surface area is 87.1 Å². The number of hydrogen-bond donors (Lipinski definition) is 1. The van der Waals surface area contributed by atoms with Gasteiger partial charge in [0.05, 0.1) is 6.10 Å². The van der Waals surface area contributed by atoms with Gasteiger partial charge in [-0.15, -0.1) is 0 Å². The smallest absolute Gasteiger partial charge is 0.0909 e. The van der Waals surface area contributed by atoms with Gasteiger partial charge < -0.3 is 5.11 Å². The van der Waals surface area contributed by atoms with Gasteiger partial charge in [0.2, 0.25) is 0 Å². The predicted molar refractivity (Wildman–Crippen MR) is 57.2 cm³/mol. The van der Waals surface area contributed by atoms with Crippen LogP contribution in [0.25, 0.3) is 0 Å². The zero-order valence-corrected chi connectivity index (χ0v) is 8.90. The van der Waals surface area contributed by atoms with Crippen molar-refractivity contribution in [3.63, 3.8) is 0 Å². The van der Waals surface area contributed by atoms with Gasteiger partial charge in [-0.05, 0) is 17.2 Å². The van der Waals surface area contributed by atoms with Crippen LogP contribution in [0.5, 0.6) is 0 Å². The summed E-state index contributed by atoms with van der Waals surface area (Å²) in [4.78, 5) is 0. The van der Waals surface area contributed by atoms with Crippen molar-refractivity contribution >= 4 is 23.4 Å². The van der Waals surface area contributed by atoms with Gasteiger partial charge in [0.25, 0.3) is 0 Å². The third-order valence-corrected chi connectivity index (χ3v) is 4.00. The van der Waals surface area contributed by atoms with Gasteiger partial charge in [0.15, 0.2) is 0 Å². The molecule has 1 N–H and O–H groups in total. The van der Waals surface area contributed by atoms with Gasteiger partial charge in [0.1, 0.15) is 0 Å². The molecule has 0 saturated heterocycles. The number of halogens is 1. The fourth-order valence-electron chi connectivity index (χ4n) is 1.56. The van der Waals surface area contributed by atoms with E-state index in [4.69, 9.17) is 11.6 Å². The molecule has 70 valence electrons. The van der Waals surface area contributed by atoms with E-state index >= 15 is 0 Å². The van der Waals surface area contributed by atoms with Crippen molar-refractivity contribution in [2.24, 2.45) is 0 Å². The lowest BCUT2D eigenvalue weighted by Gasteiger charge is -2.27. The molecule has 0 aromatic heterocycles. The highest BCUT2D eigenvalue weighted by atomic mass is 35.5. The lowest BCUT2D eigenvalue weighted by Crippen LogP contribution is -2.18. The summed E-state index contributed by atoms with van der Waals surface area (Å²) in [5, 5.41) is 10.9. The van der Waals surface area contributed by atoms with E-state index in [2.05, 4.69) is 0 Å². The second kappa shape index (κ2) is 3.52. The van der Waals surface area contributed by atoms with Gasteiger partial charge in [0, 0.05) is 16.0 Å². The summed E-state index contributed by atoms with van der Waals surface area (Å²) in [7, 11) is 0. The van der Waals surface area contributed by atoms with Crippen molar-refractivity contribution in [2.75, 3.05) is 0 Å². The molecule has 0 fully saturated rings. The first-order chi connectivity index (χ1) is 6.20. The number of hydrogen-bond acceptors (Lipinski definition) is 2. The molecule has 1 nitrogen and oxygen atoms in total. The largest absolute Gasteiger partial charge is 0.387 e. The molecule has 0 bridgehead atoms. The molecule has 2 rings (SSSR count). The molecule has 1 aromatic rings. The Balaban J connectivity index is 2.49. The number of thioether (sulfide) groups is 1. The quantitative estimate of drug-likeness (QED) is 0.717. The molecule has 1 aliphatic heterocycles. The number of aliphatic hydroxyl groups is 1. The highest BCUT2D eigenvalue weighted by molar-refractivity contribution is 7.99. The Morgan fingerprint density at radius 2 is 2.31 bits per heavy atom. The maximum absolute atomic E-state index is 9.87. The second-order valence-electron chi connectivity index (χ2n) is 3.27. The molecule has 2 atom stereocenters. The third kappa shape index (κ3) is 1.58. The molecule has 3 heteroatoms. The molecule has 0 spiro atoms. The van der Waals surface area contributed by atoms with Crippen molar-refractivity contribution < 1.29 is 5.11 Å². The van der Waals surface area contributed by atoms with Crippen LogP contribution in [-0.4, -0.2) is 10.4 Å². The monoisotopic (exact) mass is 214 g/mol. The zero-order valence-electron chi connectivity index (χ0n) is 7.33. The maximum Gasteiger partial charge on any atom is 0.0909 e. The van der Waals surface area contributed by atoms with E-state index in [1.54, 1.807) is 11.8 Å². The summed E-state index contributed by atoms with van der Waals surface area (Å²) in [5.41, 5.74) is 2.10. The van der Waals surface area contributed by atoms with Crippen molar-refractivity contribution in [3.05, 3.63) is 34.3 Å². The molecule has 13 heavy (non-hydrogen) atoms. The third-order valence-electron chi connectivity index (χ3n) is 2.41. The summed E-state index contributed by atoms with van der Waals surface area (Å²) in [6.07, 6.45) is -0.368. The summed E-state index contributed by atoms with van der Waals surface area (Å²) in [6, 6.07) is 5.73. The minimum Gasteiger partial charge on any atom is -0.387 e. The van der Waals surface area contributed by atoms with E-state index in [-0.39, 0.29) is 11.4 Å². The van der Waals surface area contributed by atoms with Crippen LogP contribution >= 0.6 is 23.4 Å². The van der Waals surface area contributed by atoms with E-state index in [0.717, 1.165) is 21.9 Å². The van der Waals surface area contributed by atoms with Gasteiger partial charge in [-0.25, -0.2) is 0 Å². The molecule has 0 amide bonds. The minimum atomic E-state index is -0.368. The molecule has 1 heterocycles. The highest BCUT2D eigenvalue weighted by Crippen LogP contribution is 2.39. The van der Waals surface area contributed by atoms with Gasteiger partial charge in [-0.2, -0.15) is 11.8 Å². The van der Waals surface area contributed by atoms with E-state index < -0.39 is 0 Å². The van der Waals surface area contributed by atoms with Crippen LogP contribution in [0.3, 0.4) is 0 Å². The van der Waals surface area contributed by atoms with Crippen LogP contribution in [0.4, 0.5) is 0 Å². The Hall–Kier alpha value is -0.180. The fraction of sp³-hybridized carbons (Fsp3) is 0.400. The normalized spacial score (nSPS) is 27.0. The Bertz CT molecular complexity index is 327. The van der Waals surface area contributed by atoms with Crippen molar-refractivity contribution in [3.8, 4) is 0 Å². The molecular weight excluding hydrogens is 204 g/mol. The molecular formula is C10H11ClOS. The fourth-order valence-corrected chi connectivity index (χ4v) is 2.97. The Morgan fingerprint density at radius 3 is 3.08 bits per heavy atom. The average Bonchev–Trinajstić information content (AvgIpc) is 2.12. The molecule has 0 saturated carbocycles. The molecule has 1 aliphatic rings. The molecule has 1 aromatic carbocycles. The SMILES string of the molecule is CC1SCc2c(Cl)cccc2C1O. The molecule has 0 radical (unpaired) electrons. The second-order valence-corrected chi connectivity index (χ2v) is 5.04. The lowest BCUT2D eigenvalue weighted by molar-refractivity contribution is 0.177. The van der Waals surface area contributed by atoms with Crippen LogP contribution < -0.4 is 0 Å². The van der Waals surface area contributed by atoms with Crippen LogP contribution in [0.1, 0.15) is 24.2 Å². The number of fused-ring (bicyclic) bond motifs is 1. The maximum atomic E-state index is 9.87. The summed E-state index contributed by atoms with van der Waals surface area (Å²) >= 11 is 7.78. The molecule has 0 aliphatic carbocycles. The van der Waals surface area contributed by atoms with Crippen LogP contribution in [0.15, 0.2) is 18.2 Å². The van der Waals surface area contributed by atoms with E-state index in [1.165, 1.54) is 0 Å². The summed E-state index contributed by atoms with van der Waals surface area (Å²) in [5.74, 6) is 0.910. The van der Waals surface area contributed by atoms with Crippen molar-refractivity contribution in [1.29, 1.82) is 0 Å². The van der Waals surface area contributed by atoms with E-state index in [0.29, 0.717) is 0 Å². The topological polar surface area (TPSA) is 20.2 Å². The standard InChI is InChI=1S/C10H11ClOS/c1-6-10(12)7-3-2-4-9(11)8(7)5-13-6/h2-4,6,10,12H,5H2,1H3. The zero-order chi connectivity index (χ0) is 9.42. The van der Waals surface area contributed by atoms with Crippen molar-refractivity contribution in [1.82, 2.24) is 0 Å². The molecule has 2 unspecified atom stereocenters. The Kier molecular flexibility index (Phi) is 2.54. The predicted octanol–water partition coefficient (Wildman–Crippen LogP) is 3.01. The summed E-state index contributed by atoms with van der Waals surface area (Å²) in [6.45, 7) is 2.04. The minimum absolute atomic E-state index is 0.269. The lowest BCUT2D eigenvalue weighted by atomic mass is 10.0.